The summed E-state index contributed by atoms with van der Waals surface area (Å²) in [4.78, 5) is 23.8. The maximum atomic E-state index is 12.4. The summed E-state index contributed by atoms with van der Waals surface area (Å²) in [6, 6.07) is 2.18. The van der Waals surface area contributed by atoms with Gasteiger partial charge in [-0.3, -0.25) is 9.59 Å². The fraction of sp³-hybridized carbons (Fsp3) is 0.562. The third-order valence-electron chi connectivity index (χ3n) is 3.98. The summed E-state index contributed by atoms with van der Waals surface area (Å²) >= 11 is 1.25. The molecule has 118 valence electrons. The fourth-order valence-corrected chi connectivity index (χ4v) is 3.90. The van der Waals surface area contributed by atoms with Crippen LogP contribution in [0.4, 0.5) is 0 Å². The molecule has 0 saturated heterocycles. The van der Waals surface area contributed by atoms with Crippen LogP contribution in [0.15, 0.2) is 21.9 Å². The number of esters is 1. The predicted molar refractivity (Wildman–Crippen MR) is 84.5 cm³/mol. The number of hydrogen-bond donors (Lipinski definition) is 1. The van der Waals surface area contributed by atoms with Crippen molar-refractivity contribution in [2.75, 3.05) is 12.9 Å². The zero-order valence-electron chi connectivity index (χ0n) is 13.3. The third-order valence-corrected chi connectivity index (χ3v) is 4.97. The fourth-order valence-electron chi connectivity index (χ4n) is 2.95. The van der Waals surface area contributed by atoms with Crippen LogP contribution < -0.4 is 5.32 Å². The van der Waals surface area contributed by atoms with E-state index in [0.717, 1.165) is 17.7 Å². The molecular formula is C16H20N2O3S. The highest BCUT2D eigenvalue weighted by molar-refractivity contribution is 8.03. The van der Waals surface area contributed by atoms with Crippen LogP contribution in [-0.4, -0.2) is 24.6 Å². The Kier molecular flexibility index (Phi) is 4.66. The van der Waals surface area contributed by atoms with Crippen LogP contribution in [0.2, 0.25) is 0 Å². The van der Waals surface area contributed by atoms with Crippen LogP contribution in [0.3, 0.4) is 0 Å². The van der Waals surface area contributed by atoms with E-state index >= 15 is 0 Å². The molecule has 0 aromatic carbocycles. The van der Waals surface area contributed by atoms with E-state index in [1.807, 2.05) is 6.92 Å². The van der Waals surface area contributed by atoms with Crippen LogP contribution in [-0.2, 0) is 14.3 Å². The van der Waals surface area contributed by atoms with Crippen molar-refractivity contribution in [3.05, 3.63) is 21.9 Å². The summed E-state index contributed by atoms with van der Waals surface area (Å²) in [6.07, 6.45) is 1.26. The van der Waals surface area contributed by atoms with Crippen LogP contribution in [0, 0.1) is 22.7 Å². The van der Waals surface area contributed by atoms with Gasteiger partial charge in [-0.1, -0.05) is 32.5 Å². The number of methoxy groups -OCH3 is 1. The van der Waals surface area contributed by atoms with Gasteiger partial charge in [0.15, 0.2) is 5.78 Å². The number of Topliss-reactive ketones (excluding diaryl/α,β-unsaturated/α-hetero) is 1. The van der Waals surface area contributed by atoms with Gasteiger partial charge in [0, 0.05) is 23.6 Å². The summed E-state index contributed by atoms with van der Waals surface area (Å²) in [5.41, 5.74) is 2.03. The maximum Gasteiger partial charge on any atom is 0.316 e. The van der Waals surface area contributed by atoms with Crippen molar-refractivity contribution in [1.82, 2.24) is 5.32 Å². The van der Waals surface area contributed by atoms with Gasteiger partial charge in [0.2, 0.25) is 0 Å². The van der Waals surface area contributed by atoms with Gasteiger partial charge in [-0.2, -0.15) is 5.26 Å². The Hall–Kier alpha value is -1.74. The highest BCUT2D eigenvalue weighted by atomic mass is 32.2. The van der Waals surface area contributed by atoms with Crippen molar-refractivity contribution in [3.8, 4) is 6.07 Å². The molecule has 22 heavy (non-hydrogen) atoms. The molecule has 2 rings (SSSR count). The van der Waals surface area contributed by atoms with E-state index in [1.165, 1.54) is 18.9 Å². The molecule has 0 aromatic rings. The number of carbonyl (C=O) groups is 2. The largest absolute Gasteiger partial charge is 0.468 e. The predicted octanol–water partition coefficient (Wildman–Crippen LogP) is 2.51. The molecule has 2 aliphatic rings. The first-order valence-corrected chi connectivity index (χ1v) is 8.15. The zero-order chi connectivity index (χ0) is 16.5. The SMILES string of the molecule is COC(=O)CSC1=C(C#N)C(C)C2=C(CC(C)(C)CC2=O)N1. The first-order valence-electron chi connectivity index (χ1n) is 7.16. The number of hydrogen-bond acceptors (Lipinski definition) is 6. The Bertz CT molecular complexity index is 626. The second kappa shape index (κ2) is 6.17. The number of ether oxygens (including phenoxy) is 1. The molecule has 1 unspecified atom stereocenters. The number of dihydropyridines is 1. The van der Waals surface area contributed by atoms with Gasteiger partial charge in [-0.25, -0.2) is 0 Å². The topological polar surface area (TPSA) is 79.2 Å². The lowest BCUT2D eigenvalue weighted by Crippen LogP contribution is -2.37. The number of rotatable bonds is 3. The molecule has 0 saturated carbocycles. The van der Waals surface area contributed by atoms with Crippen LogP contribution in [0.1, 0.15) is 33.6 Å². The van der Waals surface area contributed by atoms with Gasteiger partial charge >= 0.3 is 5.97 Å². The highest BCUT2D eigenvalue weighted by Crippen LogP contribution is 2.43. The van der Waals surface area contributed by atoms with Gasteiger partial charge in [0.05, 0.1) is 29.5 Å². The summed E-state index contributed by atoms with van der Waals surface area (Å²) in [7, 11) is 1.34. The first-order chi connectivity index (χ1) is 10.3. The van der Waals surface area contributed by atoms with E-state index in [1.54, 1.807) is 0 Å². The van der Waals surface area contributed by atoms with E-state index in [4.69, 9.17) is 0 Å². The van der Waals surface area contributed by atoms with Crippen molar-refractivity contribution in [1.29, 1.82) is 5.26 Å². The van der Waals surface area contributed by atoms with Gasteiger partial charge in [-0.15, -0.1) is 0 Å². The maximum absolute atomic E-state index is 12.4. The highest BCUT2D eigenvalue weighted by Gasteiger charge is 2.39. The average Bonchev–Trinajstić information content (AvgIpc) is 2.42. The van der Waals surface area contributed by atoms with Crippen molar-refractivity contribution in [2.24, 2.45) is 11.3 Å². The Balaban J connectivity index is 2.30. The molecule has 1 heterocycles. The van der Waals surface area contributed by atoms with Gasteiger partial charge in [0.25, 0.3) is 0 Å². The summed E-state index contributed by atoms with van der Waals surface area (Å²) < 4.78 is 4.63. The van der Waals surface area contributed by atoms with E-state index in [0.29, 0.717) is 17.0 Å². The molecule has 0 aromatic heterocycles. The number of ketones is 1. The number of allylic oxidation sites excluding steroid dienone is 3. The number of nitrogens with zero attached hydrogens (tertiary/aromatic N) is 1. The molecule has 5 nitrogen and oxygen atoms in total. The molecule has 0 bridgehead atoms. The van der Waals surface area contributed by atoms with Crippen LogP contribution in [0.5, 0.6) is 0 Å². The minimum Gasteiger partial charge on any atom is -0.468 e. The molecule has 1 aliphatic carbocycles. The molecule has 0 radical (unpaired) electrons. The third kappa shape index (κ3) is 3.20. The standard InChI is InChI=1S/C16H20N2O3S/c1-9-10(7-17)15(22-8-13(20)21-4)18-11-5-16(2,3)6-12(19)14(9)11/h9,18H,5-6,8H2,1-4H3. The van der Waals surface area contributed by atoms with E-state index < -0.39 is 0 Å². The zero-order valence-corrected chi connectivity index (χ0v) is 14.1. The second-order valence-corrected chi connectivity index (χ2v) is 7.38. The number of carbonyl (C=O) groups excluding carboxylic acids is 2. The number of nitrogens with one attached hydrogen (secondary N) is 1. The molecule has 0 amide bonds. The molecule has 6 heteroatoms. The summed E-state index contributed by atoms with van der Waals surface area (Å²) in [5.74, 6) is -0.332. The van der Waals surface area contributed by atoms with E-state index in [2.05, 4.69) is 30.0 Å². The lowest BCUT2D eigenvalue weighted by Gasteiger charge is -2.37. The molecule has 0 spiro atoms. The van der Waals surface area contributed by atoms with Gasteiger partial charge in [-0.05, 0) is 11.8 Å². The lowest BCUT2D eigenvalue weighted by molar-refractivity contribution is -0.137. The smallest absolute Gasteiger partial charge is 0.316 e. The monoisotopic (exact) mass is 320 g/mol. The average molecular weight is 320 g/mol. The Morgan fingerprint density at radius 1 is 1.50 bits per heavy atom. The van der Waals surface area contributed by atoms with Crippen molar-refractivity contribution < 1.29 is 14.3 Å². The normalized spacial score (nSPS) is 23.6. The summed E-state index contributed by atoms with van der Waals surface area (Å²) in [5, 5.41) is 13.3. The molecule has 1 N–H and O–H groups in total. The van der Waals surface area contributed by atoms with Crippen molar-refractivity contribution in [3.63, 3.8) is 0 Å². The van der Waals surface area contributed by atoms with E-state index in [9.17, 15) is 14.9 Å². The number of nitriles is 1. The molecular weight excluding hydrogens is 300 g/mol. The number of thioether (sulfide) groups is 1. The molecule has 0 fully saturated rings. The Labute approximate surface area is 134 Å². The van der Waals surface area contributed by atoms with Crippen molar-refractivity contribution in [2.45, 2.75) is 33.6 Å². The second-order valence-electron chi connectivity index (χ2n) is 6.40. The summed E-state index contributed by atoms with van der Waals surface area (Å²) in [6.45, 7) is 6.00. The van der Waals surface area contributed by atoms with Crippen LogP contribution in [0.25, 0.3) is 0 Å². The minimum atomic E-state index is -0.343. The lowest BCUT2D eigenvalue weighted by atomic mass is 9.71. The quantitative estimate of drug-likeness (QED) is 0.805. The molecule has 1 aliphatic heterocycles. The Morgan fingerprint density at radius 3 is 2.77 bits per heavy atom. The van der Waals surface area contributed by atoms with E-state index in [-0.39, 0.29) is 28.8 Å². The Morgan fingerprint density at radius 2 is 2.18 bits per heavy atom. The van der Waals surface area contributed by atoms with Gasteiger partial charge in [0.1, 0.15) is 0 Å². The first kappa shape index (κ1) is 16.6. The van der Waals surface area contributed by atoms with Crippen LogP contribution >= 0.6 is 11.8 Å². The minimum absolute atomic E-state index is 0.0924. The van der Waals surface area contributed by atoms with Gasteiger partial charge < -0.3 is 10.1 Å². The van der Waals surface area contributed by atoms with Crippen molar-refractivity contribution >= 4 is 23.5 Å². The molecule has 1 atom stereocenters.